The lowest BCUT2D eigenvalue weighted by molar-refractivity contribution is -0.149. The number of esters is 1. The largest absolute Gasteiger partial charge is 0.462 e. The van der Waals surface area contributed by atoms with Gasteiger partial charge in [-0.1, -0.05) is 18.2 Å². The Balaban J connectivity index is 1.83. The zero-order valence-corrected chi connectivity index (χ0v) is 21.3. The number of para-hydroxylation sites is 1. The summed E-state index contributed by atoms with van der Waals surface area (Å²) in [5, 5.41) is 13.2. The molecule has 1 fully saturated rings. The summed E-state index contributed by atoms with van der Waals surface area (Å²) in [7, 11) is -4.32. The third-order valence-corrected chi connectivity index (χ3v) is 7.08. The van der Waals surface area contributed by atoms with Gasteiger partial charge in [0, 0.05) is 12.3 Å². The van der Waals surface area contributed by atoms with Gasteiger partial charge in [0.1, 0.15) is 36.2 Å². The van der Waals surface area contributed by atoms with Crippen LogP contribution in [-0.2, 0) is 23.4 Å². The molecule has 0 amide bonds. The molecular formula is C22H30FN4O9P. The number of aliphatic hydroxyl groups is 1. The molecule has 1 aliphatic heterocycles. The molecule has 1 aliphatic rings. The fourth-order valence-electron chi connectivity index (χ4n) is 3.58. The number of H-pyrrole nitrogens is 1. The van der Waals surface area contributed by atoms with Gasteiger partial charge in [-0.05, 0) is 32.9 Å². The van der Waals surface area contributed by atoms with Gasteiger partial charge in [-0.3, -0.25) is 23.7 Å². The van der Waals surface area contributed by atoms with Crippen LogP contribution in [-0.4, -0.2) is 63.8 Å². The average Bonchev–Trinajstić information content (AvgIpc) is 3.08. The summed E-state index contributed by atoms with van der Waals surface area (Å²) in [6.45, 7) is 2.73. The maximum absolute atomic E-state index is 14.0. The van der Waals surface area contributed by atoms with E-state index in [0.29, 0.717) is 0 Å². The van der Waals surface area contributed by atoms with Crippen molar-refractivity contribution in [3.05, 3.63) is 63.4 Å². The van der Waals surface area contributed by atoms with Crippen molar-refractivity contribution in [3.63, 3.8) is 0 Å². The van der Waals surface area contributed by atoms with Crippen LogP contribution >= 0.6 is 7.75 Å². The summed E-state index contributed by atoms with van der Waals surface area (Å²) in [5.41, 5.74) is 2.33. The Morgan fingerprint density at radius 1 is 1.30 bits per heavy atom. The zero-order valence-electron chi connectivity index (χ0n) is 20.4. The fraction of sp³-hybridized carbons (Fsp3) is 0.500. The first-order chi connectivity index (χ1) is 17.4. The molecule has 1 aromatic carbocycles. The van der Waals surface area contributed by atoms with Gasteiger partial charge >= 0.3 is 19.4 Å². The summed E-state index contributed by atoms with van der Waals surface area (Å²) in [5.74, 6) is -0.575. The number of aromatic amines is 1. The van der Waals surface area contributed by atoms with Gasteiger partial charge in [-0.15, -0.1) is 0 Å². The maximum Gasteiger partial charge on any atom is 0.459 e. The van der Waals surface area contributed by atoms with Crippen molar-refractivity contribution >= 4 is 13.7 Å². The van der Waals surface area contributed by atoms with Crippen molar-refractivity contribution in [2.45, 2.75) is 56.9 Å². The molecule has 0 radical (unpaired) electrons. The number of nitrogens with two attached hydrogens (primary N) is 1. The van der Waals surface area contributed by atoms with Gasteiger partial charge in [0.15, 0.2) is 6.23 Å². The van der Waals surface area contributed by atoms with Crippen LogP contribution in [0, 0.1) is 0 Å². The summed E-state index contributed by atoms with van der Waals surface area (Å²) in [6.07, 6.45) is -4.02. The molecule has 2 heterocycles. The Bertz CT molecular complexity index is 1240. The highest BCUT2D eigenvalue weighted by Crippen LogP contribution is 2.46. The number of aromatic nitrogens is 2. The number of carbonyl (C=O) groups excluding carboxylic acids is 1. The second-order valence-electron chi connectivity index (χ2n) is 8.77. The van der Waals surface area contributed by atoms with Gasteiger partial charge < -0.3 is 24.8 Å². The summed E-state index contributed by atoms with van der Waals surface area (Å²) >= 11 is 0. The minimum Gasteiger partial charge on any atom is -0.462 e. The van der Waals surface area contributed by atoms with E-state index < -0.39 is 74.4 Å². The molecule has 0 bridgehead atoms. The van der Waals surface area contributed by atoms with E-state index in [2.05, 4.69) is 5.09 Å². The number of hydrogen-bond acceptors (Lipinski definition) is 10. The smallest absolute Gasteiger partial charge is 0.459 e. The molecule has 5 N–H and O–H groups in total. The van der Waals surface area contributed by atoms with Crippen LogP contribution in [0.25, 0.3) is 0 Å². The second kappa shape index (κ2) is 11.7. The molecule has 0 spiro atoms. The van der Waals surface area contributed by atoms with Gasteiger partial charge in [0.05, 0.1) is 12.7 Å². The van der Waals surface area contributed by atoms with E-state index >= 15 is 0 Å². The number of aliphatic hydroxyl groups excluding tert-OH is 1. The number of nitrogens with zero attached hydrogens (tertiary/aromatic N) is 1. The molecule has 6 atom stereocenters. The maximum atomic E-state index is 14.0. The normalized spacial score (nSPS) is 26.0. The number of benzene rings is 1. The zero-order chi connectivity index (χ0) is 27.4. The van der Waals surface area contributed by atoms with Crippen molar-refractivity contribution in [3.8, 4) is 5.75 Å². The van der Waals surface area contributed by atoms with E-state index in [9.17, 15) is 28.4 Å². The predicted molar refractivity (Wildman–Crippen MR) is 129 cm³/mol. The van der Waals surface area contributed by atoms with Crippen LogP contribution in [0.5, 0.6) is 5.75 Å². The molecule has 0 aliphatic carbocycles. The van der Waals surface area contributed by atoms with Crippen molar-refractivity contribution in [2.75, 3.05) is 13.3 Å². The monoisotopic (exact) mass is 544 g/mol. The first-order valence-electron chi connectivity index (χ1n) is 11.4. The summed E-state index contributed by atoms with van der Waals surface area (Å²) in [6, 6.07) is 7.83. The van der Waals surface area contributed by atoms with Crippen LogP contribution in [0.3, 0.4) is 0 Å². The lowest BCUT2D eigenvalue weighted by Gasteiger charge is -2.30. The fourth-order valence-corrected chi connectivity index (χ4v) is 5.08. The molecule has 1 saturated heterocycles. The van der Waals surface area contributed by atoms with Crippen LogP contribution in [0.15, 0.2) is 52.2 Å². The first-order valence-corrected chi connectivity index (χ1v) is 12.9. The van der Waals surface area contributed by atoms with Gasteiger partial charge in [-0.25, -0.2) is 13.8 Å². The van der Waals surface area contributed by atoms with Crippen LogP contribution in [0.1, 0.15) is 27.0 Å². The van der Waals surface area contributed by atoms with Crippen LogP contribution in [0.4, 0.5) is 4.39 Å². The average molecular weight is 544 g/mol. The number of hydrogen-bond donors (Lipinski definition) is 4. The Labute approximate surface area is 211 Å². The number of carbonyl (C=O) groups is 1. The minimum absolute atomic E-state index is 0.144. The molecule has 13 nitrogen and oxygen atoms in total. The standard InChI is InChI=1S/C22H30FN4O9P/c1-13(2)34-19(30)14(3)26-37(32,36-15-7-5-4-6-8-15)33-11-16-18(29)22(24,12-23)20(35-16)27-10-9-17(28)25-21(27)31/h4-10,13-14,16,18,20,29H,11-12,24H2,1-3H3,(H,26,32)(H,25,28,31)/t14-,16+,18?,20+,22+,37-/m0/s1. The highest BCUT2D eigenvalue weighted by molar-refractivity contribution is 7.52. The SMILES string of the molecule is CC(C)OC(=O)[C@H](C)N[P@](=O)(OC[C@H]1O[C@@H](n2ccc(=O)[nH]c2=O)[C@@](N)(CF)C1O)Oc1ccccc1. The quantitative estimate of drug-likeness (QED) is 0.229. The van der Waals surface area contributed by atoms with Gasteiger partial charge in [0.2, 0.25) is 0 Å². The van der Waals surface area contributed by atoms with Crippen molar-refractivity contribution in [1.29, 1.82) is 0 Å². The Morgan fingerprint density at radius 2 is 1.97 bits per heavy atom. The summed E-state index contributed by atoms with van der Waals surface area (Å²) < 4.78 is 50.3. The van der Waals surface area contributed by atoms with Crippen molar-refractivity contribution in [2.24, 2.45) is 5.73 Å². The molecule has 1 aromatic heterocycles. The molecule has 0 saturated carbocycles. The van der Waals surface area contributed by atoms with Gasteiger partial charge in [-0.2, -0.15) is 5.09 Å². The number of halogens is 1. The first kappa shape index (κ1) is 28.7. The molecule has 37 heavy (non-hydrogen) atoms. The Morgan fingerprint density at radius 3 is 2.57 bits per heavy atom. The third-order valence-electron chi connectivity index (χ3n) is 5.44. The van der Waals surface area contributed by atoms with Crippen LogP contribution < -0.4 is 26.6 Å². The highest BCUT2D eigenvalue weighted by atomic mass is 31.2. The van der Waals surface area contributed by atoms with E-state index in [0.717, 1.165) is 16.8 Å². The molecule has 204 valence electrons. The molecule has 1 unspecified atom stereocenters. The Hall–Kier alpha value is -2.87. The van der Waals surface area contributed by atoms with E-state index in [4.69, 9.17) is 24.3 Å². The number of alkyl halides is 1. The minimum atomic E-state index is -4.32. The Kier molecular flexibility index (Phi) is 9.05. The number of nitrogens with one attached hydrogen (secondary N) is 2. The lowest BCUT2D eigenvalue weighted by atomic mass is 9.92. The number of rotatable bonds is 11. The number of ether oxygens (including phenoxy) is 2. The molecule has 2 aromatic rings. The third kappa shape index (κ3) is 6.72. The van der Waals surface area contributed by atoms with Gasteiger partial charge in [0.25, 0.3) is 5.56 Å². The molecule has 15 heteroatoms. The molecule has 3 rings (SSSR count). The molecular weight excluding hydrogens is 514 g/mol. The highest BCUT2D eigenvalue weighted by Gasteiger charge is 2.56. The van der Waals surface area contributed by atoms with E-state index in [-0.39, 0.29) is 5.75 Å². The summed E-state index contributed by atoms with van der Waals surface area (Å²) in [4.78, 5) is 37.9. The second-order valence-corrected chi connectivity index (χ2v) is 10.5. The predicted octanol–water partition coefficient (Wildman–Crippen LogP) is 0.595. The van der Waals surface area contributed by atoms with E-state index in [1.807, 2.05) is 4.98 Å². The topological polar surface area (TPSA) is 184 Å². The van der Waals surface area contributed by atoms with Crippen molar-refractivity contribution < 1.29 is 37.4 Å². The van der Waals surface area contributed by atoms with Crippen LogP contribution in [0.2, 0.25) is 0 Å². The van der Waals surface area contributed by atoms with E-state index in [1.54, 1.807) is 32.0 Å². The lowest BCUT2D eigenvalue weighted by Crippen LogP contribution is -2.57. The van der Waals surface area contributed by atoms with Crippen molar-refractivity contribution in [1.82, 2.24) is 14.6 Å². The van der Waals surface area contributed by atoms with E-state index in [1.165, 1.54) is 19.1 Å².